The van der Waals surface area contributed by atoms with E-state index in [1.165, 1.54) is 10.5 Å². The van der Waals surface area contributed by atoms with Crippen molar-refractivity contribution in [2.24, 2.45) is 18.4 Å². The lowest BCUT2D eigenvalue weighted by atomic mass is 9.86. The Kier molecular flexibility index (Phi) is 6.37. The third-order valence-electron chi connectivity index (χ3n) is 5.85. The first kappa shape index (κ1) is 22.5. The van der Waals surface area contributed by atoms with Crippen LogP contribution in [0.25, 0.3) is 0 Å². The molecule has 30 heavy (non-hydrogen) atoms. The van der Waals surface area contributed by atoms with Gasteiger partial charge in [-0.1, -0.05) is 20.8 Å². The summed E-state index contributed by atoms with van der Waals surface area (Å²) in [5, 5.41) is 11.5. The van der Waals surface area contributed by atoms with Crippen LogP contribution in [0.1, 0.15) is 39.3 Å². The van der Waals surface area contributed by atoms with Crippen molar-refractivity contribution in [1.82, 2.24) is 29.2 Å². The van der Waals surface area contributed by atoms with Crippen LogP contribution < -0.4 is 5.32 Å². The minimum Gasteiger partial charge on any atom is -0.351 e. The van der Waals surface area contributed by atoms with E-state index in [1.54, 1.807) is 29.5 Å². The molecule has 1 N–H and O–H groups in total. The van der Waals surface area contributed by atoms with Gasteiger partial charge in [0.05, 0.1) is 30.4 Å². The molecule has 9 nitrogen and oxygen atoms in total. The van der Waals surface area contributed by atoms with Crippen molar-refractivity contribution >= 4 is 15.9 Å². The molecule has 2 aromatic rings. The van der Waals surface area contributed by atoms with Crippen LogP contribution in [0, 0.1) is 18.3 Å². The molecule has 1 aliphatic rings. The Morgan fingerprint density at radius 1 is 1.33 bits per heavy atom. The van der Waals surface area contributed by atoms with Crippen molar-refractivity contribution < 1.29 is 13.2 Å². The topological polar surface area (TPSA) is 102 Å². The molecular formula is C20H32N6O3S. The maximum Gasteiger partial charge on any atom is 0.246 e. The van der Waals surface area contributed by atoms with E-state index < -0.39 is 10.0 Å². The van der Waals surface area contributed by atoms with Gasteiger partial charge in [-0.05, 0) is 31.2 Å². The zero-order chi connectivity index (χ0) is 22.1. The Morgan fingerprint density at radius 2 is 2.07 bits per heavy atom. The predicted molar refractivity (Wildman–Crippen MR) is 113 cm³/mol. The molecular weight excluding hydrogens is 404 g/mol. The Balaban J connectivity index is 1.72. The molecule has 10 heteroatoms. The van der Waals surface area contributed by atoms with E-state index in [-0.39, 0.29) is 34.7 Å². The number of hydrogen-bond donors (Lipinski definition) is 1. The summed E-state index contributed by atoms with van der Waals surface area (Å²) in [6.07, 6.45) is 6.29. The Labute approximate surface area is 178 Å². The van der Waals surface area contributed by atoms with Crippen molar-refractivity contribution in [3.8, 4) is 0 Å². The summed E-state index contributed by atoms with van der Waals surface area (Å²) in [5.74, 6) is -0.488. The molecule has 1 fully saturated rings. The number of carbonyl (C=O) groups excluding carboxylic acids is 1. The summed E-state index contributed by atoms with van der Waals surface area (Å²) in [7, 11) is -1.96. The lowest BCUT2D eigenvalue weighted by Gasteiger charge is -2.35. The second-order valence-electron chi connectivity index (χ2n) is 9.08. The predicted octanol–water partition coefficient (Wildman–Crippen LogP) is 1.56. The summed E-state index contributed by atoms with van der Waals surface area (Å²) < 4.78 is 31.0. The van der Waals surface area contributed by atoms with Crippen LogP contribution in [0.15, 0.2) is 29.6 Å². The van der Waals surface area contributed by atoms with Crippen LogP contribution in [0.2, 0.25) is 0 Å². The molecule has 0 aliphatic carbocycles. The van der Waals surface area contributed by atoms with E-state index in [1.807, 2.05) is 12.3 Å². The van der Waals surface area contributed by atoms with Gasteiger partial charge in [0.15, 0.2) is 0 Å². The van der Waals surface area contributed by atoms with Crippen molar-refractivity contribution in [3.05, 3.63) is 30.4 Å². The average molecular weight is 437 g/mol. The molecule has 0 aromatic carbocycles. The smallest absolute Gasteiger partial charge is 0.246 e. The molecule has 0 saturated carbocycles. The van der Waals surface area contributed by atoms with Crippen molar-refractivity contribution in [2.45, 2.75) is 58.0 Å². The summed E-state index contributed by atoms with van der Waals surface area (Å²) in [4.78, 5) is 13.3. The van der Waals surface area contributed by atoms with Gasteiger partial charge in [0.1, 0.15) is 4.90 Å². The highest BCUT2D eigenvalue weighted by atomic mass is 32.2. The van der Waals surface area contributed by atoms with Gasteiger partial charge < -0.3 is 5.32 Å². The average Bonchev–Trinajstić information content (AvgIpc) is 3.31. The SMILES string of the molecule is Cc1c(S(=O)(=O)N2CCC[C@H](C(=O)N[C@H](Cn3cccn3)C(C)(C)C)C2)cnn1C. The molecule has 166 valence electrons. The van der Waals surface area contributed by atoms with E-state index in [0.29, 0.717) is 31.6 Å². The number of rotatable bonds is 6. The summed E-state index contributed by atoms with van der Waals surface area (Å²) in [5.41, 5.74) is 0.420. The van der Waals surface area contributed by atoms with Crippen molar-refractivity contribution in [3.63, 3.8) is 0 Å². The number of sulfonamides is 1. The normalized spacial score (nSPS) is 19.6. The van der Waals surface area contributed by atoms with Crippen LogP contribution in [-0.2, 0) is 28.4 Å². The van der Waals surface area contributed by atoms with Crippen LogP contribution in [-0.4, -0.2) is 57.3 Å². The number of amides is 1. The lowest BCUT2D eigenvalue weighted by molar-refractivity contribution is -0.127. The van der Waals surface area contributed by atoms with Crippen LogP contribution in [0.3, 0.4) is 0 Å². The van der Waals surface area contributed by atoms with Crippen molar-refractivity contribution in [1.29, 1.82) is 0 Å². The molecule has 2 aromatic heterocycles. The number of hydrogen-bond acceptors (Lipinski definition) is 5. The fraction of sp³-hybridized carbons (Fsp3) is 0.650. The van der Waals surface area contributed by atoms with Gasteiger partial charge in [-0.2, -0.15) is 14.5 Å². The Hall–Kier alpha value is -2.20. The van der Waals surface area contributed by atoms with E-state index in [0.717, 1.165) is 0 Å². The third-order valence-corrected chi connectivity index (χ3v) is 7.82. The molecule has 3 rings (SSSR count). The highest BCUT2D eigenvalue weighted by Crippen LogP contribution is 2.27. The van der Waals surface area contributed by atoms with Gasteiger partial charge in [0, 0.05) is 32.5 Å². The highest BCUT2D eigenvalue weighted by molar-refractivity contribution is 7.89. The Bertz CT molecular complexity index is 975. The third kappa shape index (κ3) is 4.75. The number of piperidine rings is 1. The minimum absolute atomic E-state index is 0.107. The summed E-state index contributed by atoms with van der Waals surface area (Å²) in [6, 6.07) is 1.73. The molecule has 3 heterocycles. The summed E-state index contributed by atoms with van der Waals surface area (Å²) >= 11 is 0. The fourth-order valence-electron chi connectivity index (χ4n) is 3.67. The first-order valence-electron chi connectivity index (χ1n) is 10.3. The van der Waals surface area contributed by atoms with Gasteiger partial charge in [-0.15, -0.1) is 0 Å². The van der Waals surface area contributed by atoms with E-state index in [9.17, 15) is 13.2 Å². The molecule has 1 saturated heterocycles. The number of nitrogens with one attached hydrogen (secondary N) is 1. The monoisotopic (exact) mass is 436 g/mol. The standard InChI is InChI=1S/C20H32N6O3S/c1-15-17(12-22-24(15)5)30(28,29)26-11-6-8-16(13-26)19(27)23-18(20(2,3)4)14-25-10-7-9-21-25/h7,9-10,12,16,18H,6,8,11,13-14H2,1-5H3,(H,23,27)/t16-,18+/m0/s1. The molecule has 0 bridgehead atoms. The molecule has 0 unspecified atom stereocenters. The molecule has 1 aliphatic heterocycles. The summed E-state index contributed by atoms with van der Waals surface area (Å²) in [6.45, 7) is 9.11. The molecule has 0 radical (unpaired) electrons. The Morgan fingerprint density at radius 3 is 2.63 bits per heavy atom. The first-order valence-corrected chi connectivity index (χ1v) is 11.7. The number of aryl methyl sites for hydroxylation is 1. The van der Waals surface area contributed by atoms with E-state index in [4.69, 9.17) is 0 Å². The van der Waals surface area contributed by atoms with Crippen LogP contribution >= 0.6 is 0 Å². The lowest BCUT2D eigenvalue weighted by Crippen LogP contribution is -2.51. The number of nitrogens with zero attached hydrogens (tertiary/aromatic N) is 5. The fourth-order valence-corrected chi connectivity index (χ4v) is 5.38. The van der Waals surface area contributed by atoms with Gasteiger partial charge in [0.25, 0.3) is 0 Å². The largest absolute Gasteiger partial charge is 0.351 e. The first-order chi connectivity index (χ1) is 14.0. The van der Waals surface area contributed by atoms with Gasteiger partial charge in [-0.3, -0.25) is 14.2 Å². The zero-order valence-electron chi connectivity index (χ0n) is 18.4. The quantitative estimate of drug-likeness (QED) is 0.740. The minimum atomic E-state index is -3.68. The second kappa shape index (κ2) is 8.50. The number of carbonyl (C=O) groups is 1. The van der Waals surface area contributed by atoms with Crippen LogP contribution in [0.4, 0.5) is 0 Å². The second-order valence-corrected chi connectivity index (χ2v) is 11.0. The maximum atomic E-state index is 13.1. The van der Waals surface area contributed by atoms with Gasteiger partial charge in [-0.25, -0.2) is 8.42 Å². The van der Waals surface area contributed by atoms with E-state index in [2.05, 4.69) is 36.3 Å². The maximum absolute atomic E-state index is 13.1. The van der Waals surface area contributed by atoms with Crippen molar-refractivity contribution in [2.75, 3.05) is 13.1 Å². The van der Waals surface area contributed by atoms with Gasteiger partial charge >= 0.3 is 0 Å². The molecule has 1 amide bonds. The number of aromatic nitrogens is 4. The molecule has 2 atom stereocenters. The zero-order valence-corrected chi connectivity index (χ0v) is 19.2. The van der Waals surface area contributed by atoms with Crippen LogP contribution in [0.5, 0.6) is 0 Å². The van der Waals surface area contributed by atoms with E-state index >= 15 is 0 Å². The van der Waals surface area contributed by atoms with Gasteiger partial charge in [0.2, 0.25) is 15.9 Å². The highest BCUT2D eigenvalue weighted by Gasteiger charge is 2.36. The molecule has 0 spiro atoms.